The standard InChI is InChI=1S/C27H38N4O5Si/c1-27(2,3)37(5,6)36-17-16-34-15-14-28-24(32)21-12-13-23-22(18-21)29-25(31(23)4)30-26(33)35-19-20-10-8-7-9-11-20/h7-13,18H,14-17,19H2,1-6H3,(H,28,32)(H,29,30,33). The fourth-order valence-corrected chi connectivity index (χ4v) is 4.34. The molecule has 9 nitrogen and oxygen atoms in total. The highest BCUT2D eigenvalue weighted by molar-refractivity contribution is 6.74. The number of fused-ring (bicyclic) bond motifs is 1. The number of hydrogen-bond acceptors (Lipinski definition) is 6. The van der Waals surface area contributed by atoms with E-state index in [0.717, 1.165) is 11.1 Å². The SMILES string of the molecule is Cn1c(NC(=O)OCc2ccccc2)nc2cc(C(=O)NCCOCCO[Si](C)(C)C(C)(C)C)ccc21. The van der Waals surface area contributed by atoms with Crippen LogP contribution in [-0.4, -0.2) is 56.2 Å². The van der Waals surface area contributed by atoms with Crippen molar-refractivity contribution in [1.29, 1.82) is 0 Å². The van der Waals surface area contributed by atoms with E-state index in [-0.39, 0.29) is 17.6 Å². The van der Waals surface area contributed by atoms with Gasteiger partial charge in [-0.05, 0) is 41.9 Å². The van der Waals surface area contributed by atoms with E-state index >= 15 is 0 Å². The lowest BCUT2D eigenvalue weighted by atomic mass is 10.2. The number of ether oxygens (including phenoxy) is 2. The predicted molar refractivity (Wildman–Crippen MR) is 147 cm³/mol. The summed E-state index contributed by atoms with van der Waals surface area (Å²) in [5.41, 5.74) is 2.74. The molecule has 2 amide bonds. The predicted octanol–water partition coefficient (Wildman–Crippen LogP) is 5.09. The van der Waals surface area contributed by atoms with Crippen LogP contribution in [0.2, 0.25) is 18.1 Å². The summed E-state index contributed by atoms with van der Waals surface area (Å²) in [6.45, 7) is 13.0. The van der Waals surface area contributed by atoms with Gasteiger partial charge in [-0.15, -0.1) is 0 Å². The van der Waals surface area contributed by atoms with Gasteiger partial charge in [0.2, 0.25) is 5.95 Å². The van der Waals surface area contributed by atoms with Crippen LogP contribution in [0.4, 0.5) is 10.7 Å². The van der Waals surface area contributed by atoms with Gasteiger partial charge in [0.1, 0.15) is 6.61 Å². The Morgan fingerprint density at radius 3 is 2.46 bits per heavy atom. The van der Waals surface area contributed by atoms with Gasteiger partial charge in [0.25, 0.3) is 5.91 Å². The van der Waals surface area contributed by atoms with Crippen molar-refractivity contribution in [3.63, 3.8) is 0 Å². The molecule has 0 saturated carbocycles. The Kier molecular flexibility index (Phi) is 9.47. The third-order valence-electron chi connectivity index (χ3n) is 6.60. The zero-order chi connectivity index (χ0) is 27.1. The van der Waals surface area contributed by atoms with E-state index in [2.05, 4.69) is 49.5 Å². The van der Waals surface area contributed by atoms with Crippen molar-refractivity contribution in [2.75, 3.05) is 31.7 Å². The van der Waals surface area contributed by atoms with Crippen molar-refractivity contribution in [2.24, 2.45) is 7.05 Å². The second kappa shape index (κ2) is 12.4. The third-order valence-corrected chi connectivity index (χ3v) is 11.1. The summed E-state index contributed by atoms with van der Waals surface area (Å²) in [5.74, 6) is 0.115. The molecular formula is C27H38N4O5Si. The maximum atomic E-state index is 12.6. The molecule has 0 saturated heterocycles. The molecule has 0 bridgehead atoms. The molecule has 0 radical (unpaired) electrons. The molecule has 0 unspecified atom stereocenters. The van der Waals surface area contributed by atoms with E-state index in [1.54, 1.807) is 29.8 Å². The largest absolute Gasteiger partial charge is 0.444 e. The van der Waals surface area contributed by atoms with Crippen molar-refractivity contribution in [2.45, 2.75) is 45.5 Å². The summed E-state index contributed by atoms with van der Waals surface area (Å²) in [5, 5.41) is 5.69. The Balaban J connectivity index is 1.45. The Morgan fingerprint density at radius 1 is 1.03 bits per heavy atom. The van der Waals surface area contributed by atoms with Gasteiger partial charge in [0, 0.05) is 19.2 Å². The minimum absolute atomic E-state index is 0.161. The number of carbonyl (C=O) groups is 2. The van der Waals surface area contributed by atoms with E-state index in [1.165, 1.54) is 0 Å². The first kappa shape index (κ1) is 28.4. The molecule has 1 heterocycles. The zero-order valence-electron chi connectivity index (χ0n) is 22.6. The number of benzene rings is 2. The van der Waals surface area contributed by atoms with E-state index in [0.29, 0.717) is 43.4 Å². The number of aromatic nitrogens is 2. The van der Waals surface area contributed by atoms with Crippen molar-refractivity contribution in [3.05, 3.63) is 59.7 Å². The number of rotatable bonds is 11. The molecule has 1 aromatic heterocycles. The number of aryl methyl sites for hydroxylation is 1. The van der Waals surface area contributed by atoms with Crippen LogP contribution >= 0.6 is 0 Å². The Labute approximate surface area is 219 Å². The molecular weight excluding hydrogens is 488 g/mol. The van der Waals surface area contributed by atoms with Crippen molar-refractivity contribution < 1.29 is 23.5 Å². The Hall–Kier alpha value is -3.21. The van der Waals surface area contributed by atoms with E-state index in [1.807, 2.05) is 30.3 Å². The minimum atomic E-state index is -1.78. The van der Waals surface area contributed by atoms with Gasteiger partial charge in [-0.3, -0.25) is 10.1 Å². The highest BCUT2D eigenvalue weighted by Crippen LogP contribution is 2.36. The smallest absolute Gasteiger partial charge is 0.414 e. The maximum absolute atomic E-state index is 12.6. The molecule has 3 aromatic rings. The van der Waals surface area contributed by atoms with E-state index in [9.17, 15) is 9.59 Å². The van der Waals surface area contributed by atoms with Crippen molar-refractivity contribution in [3.8, 4) is 0 Å². The van der Waals surface area contributed by atoms with Crippen LogP contribution in [0.15, 0.2) is 48.5 Å². The lowest BCUT2D eigenvalue weighted by molar-refractivity contribution is 0.0851. The molecule has 37 heavy (non-hydrogen) atoms. The highest BCUT2D eigenvalue weighted by Gasteiger charge is 2.36. The molecule has 2 N–H and O–H groups in total. The van der Waals surface area contributed by atoms with Gasteiger partial charge in [-0.2, -0.15) is 0 Å². The fourth-order valence-electron chi connectivity index (χ4n) is 3.32. The van der Waals surface area contributed by atoms with Gasteiger partial charge in [0.15, 0.2) is 8.32 Å². The molecule has 0 atom stereocenters. The van der Waals surface area contributed by atoms with Crippen LogP contribution in [0.1, 0.15) is 36.7 Å². The fraction of sp³-hybridized carbons (Fsp3) is 0.444. The van der Waals surface area contributed by atoms with Crippen LogP contribution in [0, 0.1) is 0 Å². The van der Waals surface area contributed by atoms with Gasteiger partial charge in [-0.25, -0.2) is 9.78 Å². The van der Waals surface area contributed by atoms with Gasteiger partial charge < -0.3 is 23.8 Å². The third kappa shape index (κ3) is 7.88. The Bertz CT molecular complexity index is 1200. The van der Waals surface area contributed by atoms with Crippen molar-refractivity contribution >= 4 is 37.3 Å². The minimum Gasteiger partial charge on any atom is -0.444 e. The number of imidazole rings is 1. The quantitative estimate of drug-likeness (QED) is 0.266. The average Bonchev–Trinajstić information content (AvgIpc) is 3.16. The first-order valence-corrected chi connectivity index (χ1v) is 15.3. The number of nitrogens with zero attached hydrogens (tertiary/aromatic N) is 2. The number of nitrogens with one attached hydrogen (secondary N) is 2. The summed E-state index contributed by atoms with van der Waals surface area (Å²) in [4.78, 5) is 29.3. The van der Waals surface area contributed by atoms with E-state index in [4.69, 9.17) is 13.9 Å². The number of carbonyl (C=O) groups excluding carboxylic acids is 2. The number of hydrogen-bond donors (Lipinski definition) is 2. The number of amides is 2. The summed E-state index contributed by atoms with van der Waals surface area (Å²) >= 11 is 0. The van der Waals surface area contributed by atoms with Crippen LogP contribution in [0.25, 0.3) is 11.0 Å². The van der Waals surface area contributed by atoms with Crippen molar-refractivity contribution in [1.82, 2.24) is 14.9 Å². The lowest BCUT2D eigenvalue weighted by Gasteiger charge is -2.36. The zero-order valence-corrected chi connectivity index (χ0v) is 23.6. The molecule has 10 heteroatoms. The topological polar surface area (TPSA) is 104 Å². The summed E-state index contributed by atoms with van der Waals surface area (Å²) < 4.78 is 18.7. The maximum Gasteiger partial charge on any atom is 0.414 e. The van der Waals surface area contributed by atoms with Crippen LogP contribution < -0.4 is 10.6 Å². The summed E-state index contributed by atoms with van der Waals surface area (Å²) in [6, 6.07) is 14.6. The second-order valence-corrected chi connectivity index (χ2v) is 15.2. The highest BCUT2D eigenvalue weighted by atomic mass is 28.4. The van der Waals surface area contributed by atoms with Gasteiger partial charge in [-0.1, -0.05) is 51.1 Å². The molecule has 0 spiro atoms. The summed E-state index contributed by atoms with van der Waals surface area (Å²) in [7, 11) is 0.0102. The molecule has 0 aliphatic rings. The first-order valence-electron chi connectivity index (χ1n) is 12.4. The van der Waals surface area contributed by atoms with Crippen LogP contribution in [-0.2, 0) is 27.6 Å². The molecule has 0 aliphatic carbocycles. The van der Waals surface area contributed by atoms with Gasteiger partial charge in [0.05, 0.1) is 30.9 Å². The lowest BCUT2D eigenvalue weighted by Crippen LogP contribution is -2.41. The molecule has 3 rings (SSSR count). The molecule has 2 aromatic carbocycles. The van der Waals surface area contributed by atoms with Crippen LogP contribution in [0.3, 0.4) is 0 Å². The Morgan fingerprint density at radius 2 is 1.76 bits per heavy atom. The normalized spacial score (nSPS) is 11.9. The second-order valence-electron chi connectivity index (χ2n) is 10.4. The molecule has 0 aliphatic heterocycles. The average molecular weight is 527 g/mol. The molecule has 200 valence electrons. The molecule has 0 fully saturated rings. The summed E-state index contributed by atoms with van der Waals surface area (Å²) in [6.07, 6.45) is -0.602. The first-order chi connectivity index (χ1) is 17.5. The number of anilines is 1. The van der Waals surface area contributed by atoms with Gasteiger partial charge >= 0.3 is 6.09 Å². The monoisotopic (exact) mass is 526 g/mol. The van der Waals surface area contributed by atoms with E-state index < -0.39 is 14.4 Å². The van der Waals surface area contributed by atoms with Crippen LogP contribution in [0.5, 0.6) is 0 Å².